The van der Waals surface area contributed by atoms with Crippen molar-refractivity contribution in [1.29, 1.82) is 0 Å². The third-order valence-electron chi connectivity index (χ3n) is 5.13. The summed E-state index contributed by atoms with van der Waals surface area (Å²) in [6, 6.07) is 4.38. The lowest BCUT2D eigenvalue weighted by Crippen LogP contribution is -2.35. The van der Waals surface area contributed by atoms with Gasteiger partial charge in [-0.05, 0) is 40.5 Å². The lowest BCUT2D eigenvalue weighted by molar-refractivity contribution is -0.141. The summed E-state index contributed by atoms with van der Waals surface area (Å²) in [7, 11) is 0. The van der Waals surface area contributed by atoms with E-state index in [0.717, 1.165) is 6.20 Å². The summed E-state index contributed by atoms with van der Waals surface area (Å²) >= 11 is 3.31. The average Bonchev–Trinajstić information content (AvgIpc) is 2.84. The van der Waals surface area contributed by atoms with Crippen LogP contribution in [-0.2, 0) is 12.7 Å². The Bertz CT molecular complexity index is 1350. The van der Waals surface area contributed by atoms with Crippen LogP contribution in [0.25, 0.3) is 11.0 Å². The highest BCUT2D eigenvalue weighted by molar-refractivity contribution is 9.10. The van der Waals surface area contributed by atoms with Gasteiger partial charge in [0.2, 0.25) is 0 Å². The van der Waals surface area contributed by atoms with E-state index in [9.17, 15) is 18.0 Å². The Morgan fingerprint density at radius 2 is 1.83 bits per heavy atom. The van der Waals surface area contributed by atoms with Gasteiger partial charge in [-0.15, -0.1) is 0 Å². The summed E-state index contributed by atoms with van der Waals surface area (Å²) in [6.45, 7) is 1.73. The molecule has 2 N–H and O–H groups in total. The summed E-state index contributed by atoms with van der Waals surface area (Å²) < 4.78 is 39.3. The molecule has 4 rings (SSSR count). The first-order valence-electron chi connectivity index (χ1n) is 10.3. The van der Waals surface area contributed by atoms with Gasteiger partial charge in [0, 0.05) is 24.0 Å². The topological polar surface area (TPSA) is 124 Å². The molecule has 35 heavy (non-hydrogen) atoms. The Morgan fingerprint density at radius 1 is 1.09 bits per heavy atom. The molecule has 0 aliphatic carbocycles. The van der Waals surface area contributed by atoms with E-state index >= 15 is 0 Å². The highest BCUT2D eigenvalue weighted by atomic mass is 79.9. The second-order valence-electron chi connectivity index (χ2n) is 7.48. The van der Waals surface area contributed by atoms with Crippen LogP contribution in [-0.4, -0.2) is 40.7 Å². The first kappa shape index (κ1) is 24.4. The smallest absolute Gasteiger partial charge is 0.383 e. The first-order valence-corrected chi connectivity index (χ1v) is 11.1. The van der Waals surface area contributed by atoms with Crippen molar-refractivity contribution in [2.75, 3.05) is 5.73 Å². The highest BCUT2D eigenvalue weighted by Crippen LogP contribution is 2.29. The van der Waals surface area contributed by atoms with E-state index in [2.05, 4.69) is 45.8 Å². The third kappa shape index (κ3) is 5.34. The molecule has 0 spiro atoms. The van der Waals surface area contributed by atoms with Crippen molar-refractivity contribution >= 4 is 38.7 Å². The van der Waals surface area contributed by atoms with Crippen molar-refractivity contribution in [2.24, 2.45) is 0 Å². The van der Waals surface area contributed by atoms with Crippen LogP contribution >= 0.6 is 15.9 Å². The van der Waals surface area contributed by atoms with Crippen LogP contribution in [0.3, 0.4) is 0 Å². The van der Waals surface area contributed by atoms with Crippen molar-refractivity contribution in [3.05, 3.63) is 76.4 Å². The molecule has 13 heteroatoms. The van der Waals surface area contributed by atoms with Crippen molar-refractivity contribution in [1.82, 2.24) is 34.8 Å². The lowest BCUT2D eigenvalue weighted by Gasteiger charge is -2.30. The summed E-state index contributed by atoms with van der Waals surface area (Å²) in [5.41, 5.74) is 5.47. The van der Waals surface area contributed by atoms with E-state index in [-0.39, 0.29) is 23.6 Å². The van der Waals surface area contributed by atoms with E-state index in [1.807, 2.05) is 6.92 Å². The normalized spacial score (nSPS) is 12.5. The van der Waals surface area contributed by atoms with Crippen LogP contribution in [0, 0.1) is 0 Å². The fourth-order valence-corrected chi connectivity index (χ4v) is 3.78. The zero-order chi connectivity index (χ0) is 25.2. The van der Waals surface area contributed by atoms with Gasteiger partial charge in [-0.2, -0.15) is 13.2 Å². The minimum absolute atomic E-state index is 0.123. The van der Waals surface area contributed by atoms with Gasteiger partial charge in [0.15, 0.2) is 17.2 Å². The van der Waals surface area contributed by atoms with Gasteiger partial charge in [0.25, 0.3) is 5.91 Å². The number of nitrogen functional groups attached to an aromatic ring is 1. The number of pyridine rings is 2. The minimum Gasteiger partial charge on any atom is -0.383 e. The molecular weight excluding hydrogens is 529 g/mol. The van der Waals surface area contributed by atoms with E-state index in [1.54, 1.807) is 30.6 Å². The van der Waals surface area contributed by atoms with Gasteiger partial charge in [0.05, 0.1) is 40.7 Å². The molecule has 1 amide bonds. The molecule has 0 unspecified atom stereocenters. The number of alkyl halides is 3. The predicted octanol–water partition coefficient (Wildman–Crippen LogP) is 4.37. The van der Waals surface area contributed by atoms with Crippen molar-refractivity contribution < 1.29 is 18.0 Å². The Morgan fingerprint density at radius 3 is 2.46 bits per heavy atom. The molecule has 0 bridgehead atoms. The van der Waals surface area contributed by atoms with E-state index in [1.165, 1.54) is 11.1 Å². The number of anilines is 1. The van der Waals surface area contributed by atoms with E-state index < -0.39 is 23.8 Å². The highest BCUT2D eigenvalue weighted by Gasteiger charge is 2.33. The molecule has 0 aliphatic heterocycles. The van der Waals surface area contributed by atoms with Gasteiger partial charge in [0.1, 0.15) is 5.82 Å². The number of amides is 1. The molecule has 1 atom stereocenters. The Labute approximate surface area is 205 Å². The second-order valence-corrected chi connectivity index (χ2v) is 8.34. The van der Waals surface area contributed by atoms with E-state index in [4.69, 9.17) is 5.73 Å². The van der Waals surface area contributed by atoms with Gasteiger partial charge in [-0.1, -0.05) is 6.92 Å². The molecule has 0 fully saturated rings. The maximum absolute atomic E-state index is 13.7. The molecule has 4 aromatic heterocycles. The number of aromatic nitrogens is 6. The molecule has 180 valence electrons. The molecule has 0 radical (unpaired) electrons. The number of carbonyl (C=O) groups is 1. The Hall–Kier alpha value is -3.74. The van der Waals surface area contributed by atoms with Crippen LogP contribution in [0.4, 0.5) is 19.0 Å². The maximum atomic E-state index is 13.7. The molecule has 0 aliphatic rings. The van der Waals surface area contributed by atoms with E-state index in [0.29, 0.717) is 33.9 Å². The number of carbonyl (C=O) groups excluding carboxylic acids is 1. The number of fused-ring (bicyclic) bond motifs is 1. The fraction of sp³-hybridized carbons (Fsp3) is 0.227. The quantitative estimate of drug-likeness (QED) is 0.378. The number of halogens is 4. The van der Waals surface area contributed by atoms with Crippen molar-refractivity contribution in [2.45, 2.75) is 32.1 Å². The lowest BCUT2D eigenvalue weighted by atomic mass is 10.1. The summed E-state index contributed by atoms with van der Waals surface area (Å²) in [6.07, 6.45) is 1.94. The summed E-state index contributed by atoms with van der Waals surface area (Å²) in [4.78, 5) is 39.4. The molecule has 9 nitrogen and oxygen atoms in total. The minimum atomic E-state index is -4.62. The SMILES string of the molecule is CC[C@H](c1ncccn1)N(Cc1cnc(C(F)(F)F)cn1)C(=O)c1cnc2nc(N)c(Br)cc2c1. The number of rotatable bonds is 6. The molecule has 4 aromatic rings. The van der Waals surface area contributed by atoms with Crippen LogP contribution in [0.2, 0.25) is 0 Å². The maximum Gasteiger partial charge on any atom is 0.434 e. The van der Waals surface area contributed by atoms with Gasteiger partial charge in [-0.25, -0.2) is 24.9 Å². The van der Waals surface area contributed by atoms with Crippen LogP contribution < -0.4 is 5.73 Å². The van der Waals surface area contributed by atoms with Gasteiger partial charge in [-0.3, -0.25) is 9.78 Å². The largest absolute Gasteiger partial charge is 0.434 e. The molecule has 4 heterocycles. The van der Waals surface area contributed by atoms with Gasteiger partial charge < -0.3 is 10.6 Å². The molecular formula is C22H18BrF3N8O. The second kappa shape index (κ2) is 9.86. The van der Waals surface area contributed by atoms with Crippen LogP contribution in [0.5, 0.6) is 0 Å². The van der Waals surface area contributed by atoms with Gasteiger partial charge >= 0.3 is 6.18 Å². The van der Waals surface area contributed by atoms with Crippen LogP contribution in [0.15, 0.2) is 53.7 Å². The van der Waals surface area contributed by atoms with Crippen molar-refractivity contribution in [3.63, 3.8) is 0 Å². The number of hydrogen-bond donors (Lipinski definition) is 1. The standard InChI is InChI=1S/C22H18BrF3N8O/c1-2-16(20-28-4-3-5-29-20)34(11-14-9-31-17(10-30-14)22(24,25)26)21(35)13-6-12-7-15(23)18(27)33-19(12)32-8-13/h3-10,16H,2,11H2,1H3,(H2,27,32,33)/t16-/m1/s1. The molecule has 0 aromatic carbocycles. The number of nitrogens with zero attached hydrogens (tertiary/aromatic N) is 7. The Kier molecular flexibility index (Phi) is 6.87. The zero-order valence-corrected chi connectivity index (χ0v) is 19.8. The summed E-state index contributed by atoms with van der Waals surface area (Å²) in [5, 5.41) is 0.579. The van der Waals surface area contributed by atoms with Crippen LogP contribution in [0.1, 0.15) is 47.0 Å². The first-order chi connectivity index (χ1) is 16.7. The number of hydrogen-bond acceptors (Lipinski definition) is 8. The molecule has 0 saturated carbocycles. The third-order valence-corrected chi connectivity index (χ3v) is 5.77. The monoisotopic (exact) mass is 546 g/mol. The summed E-state index contributed by atoms with van der Waals surface area (Å²) in [5.74, 6) is 0.210. The predicted molar refractivity (Wildman–Crippen MR) is 124 cm³/mol. The fourth-order valence-electron chi connectivity index (χ4n) is 3.44. The average molecular weight is 547 g/mol. The number of nitrogens with two attached hydrogens (primary N) is 1. The Balaban J connectivity index is 1.74. The zero-order valence-electron chi connectivity index (χ0n) is 18.2. The van der Waals surface area contributed by atoms with Crippen molar-refractivity contribution in [3.8, 4) is 0 Å². The molecule has 0 saturated heterocycles.